The lowest BCUT2D eigenvalue weighted by atomic mass is 10.2. The van der Waals surface area contributed by atoms with Crippen molar-refractivity contribution in [3.63, 3.8) is 0 Å². The molecule has 0 spiro atoms. The van der Waals surface area contributed by atoms with Gasteiger partial charge >= 0.3 is 0 Å². The molecule has 0 saturated heterocycles. The summed E-state index contributed by atoms with van der Waals surface area (Å²) in [6.07, 6.45) is 4.42. The third-order valence-electron chi connectivity index (χ3n) is 3.51. The average Bonchev–Trinajstić information content (AvgIpc) is 3.01. The number of furan rings is 1. The molecule has 0 aliphatic heterocycles. The van der Waals surface area contributed by atoms with Gasteiger partial charge < -0.3 is 9.73 Å². The summed E-state index contributed by atoms with van der Waals surface area (Å²) in [4.78, 5) is 6.75. The summed E-state index contributed by atoms with van der Waals surface area (Å²) in [6.45, 7) is 4.65. The van der Waals surface area contributed by atoms with Crippen molar-refractivity contribution in [3.05, 3.63) is 39.7 Å². The van der Waals surface area contributed by atoms with Gasteiger partial charge in [0, 0.05) is 30.1 Å². The Morgan fingerprint density at radius 2 is 2.30 bits per heavy atom. The van der Waals surface area contributed by atoms with Crippen LogP contribution in [0.2, 0.25) is 0 Å². The van der Waals surface area contributed by atoms with E-state index in [1.54, 1.807) is 17.6 Å². The molecular weight excluding hydrogens is 270 g/mol. The maximum Gasteiger partial charge on any atom is 0.122 e. The van der Waals surface area contributed by atoms with Crippen LogP contribution in [0, 0.1) is 6.92 Å². The van der Waals surface area contributed by atoms with Crippen molar-refractivity contribution in [3.8, 4) is 0 Å². The van der Waals surface area contributed by atoms with E-state index in [4.69, 9.17) is 4.42 Å². The van der Waals surface area contributed by atoms with Gasteiger partial charge in [0.05, 0.1) is 23.5 Å². The van der Waals surface area contributed by atoms with Gasteiger partial charge in [0.25, 0.3) is 0 Å². The first kappa shape index (κ1) is 13.8. The highest BCUT2D eigenvalue weighted by atomic mass is 32.1. The van der Waals surface area contributed by atoms with Crippen molar-refractivity contribution in [2.24, 2.45) is 0 Å². The number of hydrogen-bond donors (Lipinski definition) is 1. The van der Waals surface area contributed by atoms with Crippen LogP contribution in [0.5, 0.6) is 0 Å². The Morgan fingerprint density at radius 3 is 3.00 bits per heavy atom. The summed E-state index contributed by atoms with van der Waals surface area (Å²) in [5, 5.41) is 6.79. The van der Waals surface area contributed by atoms with Gasteiger partial charge in [0.1, 0.15) is 5.76 Å². The van der Waals surface area contributed by atoms with Gasteiger partial charge in [-0.1, -0.05) is 0 Å². The second kappa shape index (κ2) is 6.08. The van der Waals surface area contributed by atoms with Gasteiger partial charge in [-0.15, -0.1) is 11.3 Å². The topological polar surface area (TPSA) is 41.3 Å². The fourth-order valence-electron chi connectivity index (χ4n) is 2.26. The molecule has 4 nitrogen and oxygen atoms in total. The van der Waals surface area contributed by atoms with Gasteiger partial charge in [-0.25, -0.2) is 4.98 Å². The van der Waals surface area contributed by atoms with E-state index in [0.29, 0.717) is 0 Å². The Kier molecular flexibility index (Phi) is 4.19. The lowest BCUT2D eigenvalue weighted by Gasteiger charge is -2.14. The lowest BCUT2D eigenvalue weighted by Crippen LogP contribution is -2.20. The quantitative estimate of drug-likeness (QED) is 0.851. The molecule has 0 atom stereocenters. The molecule has 1 fully saturated rings. The zero-order chi connectivity index (χ0) is 13.9. The Morgan fingerprint density at radius 1 is 1.45 bits per heavy atom. The minimum Gasteiger partial charge on any atom is -0.468 e. The molecule has 108 valence electrons. The smallest absolute Gasteiger partial charge is 0.122 e. The van der Waals surface area contributed by atoms with Gasteiger partial charge in [-0.2, -0.15) is 0 Å². The highest BCUT2D eigenvalue weighted by Gasteiger charge is 2.21. The number of aromatic nitrogens is 1. The van der Waals surface area contributed by atoms with Gasteiger partial charge in [0.15, 0.2) is 0 Å². The maximum atomic E-state index is 5.63. The van der Waals surface area contributed by atoms with Crippen LogP contribution in [0.1, 0.15) is 34.9 Å². The van der Waals surface area contributed by atoms with Crippen molar-refractivity contribution in [2.45, 2.75) is 45.4 Å². The summed E-state index contributed by atoms with van der Waals surface area (Å²) in [5.41, 5.74) is 2.41. The highest BCUT2D eigenvalue weighted by Crippen LogP contribution is 2.21. The lowest BCUT2D eigenvalue weighted by molar-refractivity contribution is 0.283. The van der Waals surface area contributed by atoms with Crippen molar-refractivity contribution in [1.82, 2.24) is 15.2 Å². The Bertz CT molecular complexity index is 559. The molecule has 2 heterocycles. The Balaban J connectivity index is 1.54. The number of hydrogen-bond acceptors (Lipinski definition) is 5. The van der Waals surface area contributed by atoms with Crippen LogP contribution in [-0.4, -0.2) is 23.0 Å². The molecule has 2 aromatic heterocycles. The van der Waals surface area contributed by atoms with E-state index in [1.807, 2.05) is 6.92 Å². The van der Waals surface area contributed by atoms with Crippen molar-refractivity contribution >= 4 is 11.3 Å². The van der Waals surface area contributed by atoms with Crippen LogP contribution >= 0.6 is 11.3 Å². The van der Waals surface area contributed by atoms with Crippen LogP contribution in [0.4, 0.5) is 0 Å². The Labute approximate surface area is 123 Å². The molecule has 20 heavy (non-hydrogen) atoms. The first-order valence-electron chi connectivity index (χ1n) is 7.09. The number of nitrogens with zero attached hydrogens (tertiary/aromatic N) is 2. The normalized spacial score (nSPS) is 15.2. The summed E-state index contributed by atoms with van der Waals surface area (Å²) < 4.78 is 5.63. The van der Waals surface area contributed by atoms with Crippen LogP contribution < -0.4 is 5.32 Å². The van der Waals surface area contributed by atoms with Crippen LogP contribution in [-0.2, 0) is 19.6 Å². The zero-order valence-corrected chi connectivity index (χ0v) is 12.9. The van der Waals surface area contributed by atoms with E-state index in [-0.39, 0.29) is 0 Å². The van der Waals surface area contributed by atoms with Gasteiger partial charge in [-0.05, 0) is 32.9 Å². The highest BCUT2D eigenvalue weighted by molar-refractivity contribution is 7.09. The zero-order valence-electron chi connectivity index (χ0n) is 12.1. The molecule has 5 heteroatoms. The standard InChI is InChI=1S/C15H21N3OS/c1-11-17-14(10-20-11)8-18(2)9-15-12(5-6-19-15)7-16-13-3-4-13/h5-6,10,13,16H,3-4,7-9H2,1-2H3. The van der Waals surface area contributed by atoms with Crippen LogP contribution in [0.3, 0.4) is 0 Å². The minimum absolute atomic E-state index is 0.730. The summed E-state index contributed by atoms with van der Waals surface area (Å²) in [7, 11) is 2.11. The van der Waals surface area contributed by atoms with E-state index >= 15 is 0 Å². The van der Waals surface area contributed by atoms with Gasteiger partial charge in [0.2, 0.25) is 0 Å². The SMILES string of the molecule is Cc1nc(CN(C)Cc2occc2CNC2CC2)cs1. The average molecular weight is 291 g/mol. The van der Waals surface area contributed by atoms with E-state index in [2.05, 4.69) is 33.7 Å². The molecule has 0 bridgehead atoms. The van der Waals surface area contributed by atoms with E-state index in [0.717, 1.165) is 42.1 Å². The van der Waals surface area contributed by atoms with Crippen LogP contribution in [0.15, 0.2) is 22.1 Å². The van der Waals surface area contributed by atoms with Crippen LogP contribution in [0.25, 0.3) is 0 Å². The monoisotopic (exact) mass is 291 g/mol. The molecular formula is C15H21N3OS. The molecule has 1 saturated carbocycles. The summed E-state index contributed by atoms with van der Waals surface area (Å²) >= 11 is 1.70. The summed E-state index contributed by atoms with van der Waals surface area (Å²) in [6, 6.07) is 2.80. The minimum atomic E-state index is 0.730. The summed E-state index contributed by atoms with van der Waals surface area (Å²) in [5.74, 6) is 1.06. The van der Waals surface area contributed by atoms with Crippen molar-refractivity contribution < 1.29 is 4.42 Å². The third kappa shape index (κ3) is 3.69. The molecule has 2 aromatic rings. The van der Waals surface area contributed by atoms with Gasteiger partial charge in [-0.3, -0.25) is 4.90 Å². The fraction of sp³-hybridized carbons (Fsp3) is 0.533. The van der Waals surface area contributed by atoms with E-state index in [1.165, 1.54) is 18.4 Å². The first-order valence-corrected chi connectivity index (χ1v) is 7.97. The molecule has 0 unspecified atom stereocenters. The fourth-order valence-corrected chi connectivity index (χ4v) is 2.87. The second-order valence-corrected chi connectivity index (χ2v) is 6.62. The number of rotatable bonds is 7. The third-order valence-corrected chi connectivity index (χ3v) is 4.33. The molecule has 0 aromatic carbocycles. The maximum absolute atomic E-state index is 5.63. The van der Waals surface area contributed by atoms with Crippen molar-refractivity contribution in [1.29, 1.82) is 0 Å². The first-order chi connectivity index (χ1) is 9.70. The number of nitrogens with one attached hydrogen (secondary N) is 1. The molecule has 1 N–H and O–H groups in total. The number of thiazole rings is 1. The molecule has 1 aliphatic rings. The molecule has 0 radical (unpaired) electrons. The second-order valence-electron chi connectivity index (χ2n) is 5.55. The number of aryl methyl sites for hydroxylation is 1. The predicted molar refractivity (Wildman–Crippen MR) is 80.6 cm³/mol. The Hall–Kier alpha value is -1.17. The van der Waals surface area contributed by atoms with Crippen molar-refractivity contribution in [2.75, 3.05) is 7.05 Å². The van der Waals surface area contributed by atoms with E-state index < -0.39 is 0 Å². The molecule has 1 aliphatic carbocycles. The van der Waals surface area contributed by atoms with E-state index in [9.17, 15) is 0 Å². The molecule has 0 amide bonds. The predicted octanol–water partition coefficient (Wildman–Crippen LogP) is 2.93. The largest absolute Gasteiger partial charge is 0.468 e. The molecule has 3 rings (SSSR count).